The summed E-state index contributed by atoms with van der Waals surface area (Å²) >= 11 is 0. The van der Waals surface area contributed by atoms with Crippen LogP contribution >= 0.6 is 0 Å². The second kappa shape index (κ2) is 12.8. The molecule has 0 unspecified atom stereocenters. The standard InChI is InChI=1S/C28H30F6N6O2/c1-3-41-24-11-7-21(8-12-24)26(27(29,30)31,28(32,33)34)22-9-13-25(14-10-22)42-19-23-18-40(38-36-23)16-6-4-5-15-39-17-20(2)35-37-39/h7-14,17-18H,3-6,15-16,19H2,1-2H3. The number of ether oxygens (including phenoxy) is 2. The van der Waals surface area contributed by atoms with Crippen LogP contribution in [0.15, 0.2) is 60.9 Å². The number of unbranched alkanes of at least 4 members (excludes halogenated alkanes) is 2. The van der Waals surface area contributed by atoms with Crippen molar-refractivity contribution in [2.24, 2.45) is 0 Å². The average molecular weight is 597 g/mol. The van der Waals surface area contributed by atoms with Crippen molar-refractivity contribution >= 4 is 0 Å². The van der Waals surface area contributed by atoms with Gasteiger partial charge in [-0.25, -0.2) is 0 Å². The largest absolute Gasteiger partial charge is 0.494 e. The molecule has 8 nitrogen and oxygen atoms in total. The molecule has 0 radical (unpaired) electrons. The number of nitrogens with zero attached hydrogens (tertiary/aromatic N) is 6. The normalized spacial score (nSPS) is 12.5. The maximum Gasteiger partial charge on any atom is 0.411 e. The Morgan fingerprint density at radius 2 is 1.17 bits per heavy atom. The Balaban J connectivity index is 1.39. The van der Waals surface area contributed by atoms with Crippen molar-refractivity contribution in [3.63, 3.8) is 0 Å². The first-order chi connectivity index (χ1) is 19.9. The van der Waals surface area contributed by atoms with Crippen LogP contribution in [-0.2, 0) is 25.1 Å². The molecule has 42 heavy (non-hydrogen) atoms. The number of alkyl halides is 6. The van der Waals surface area contributed by atoms with Gasteiger partial charge in [0.25, 0.3) is 0 Å². The van der Waals surface area contributed by atoms with E-state index in [4.69, 9.17) is 9.47 Å². The summed E-state index contributed by atoms with van der Waals surface area (Å²) in [7, 11) is 0. The molecule has 4 rings (SSSR count). The van der Waals surface area contributed by atoms with E-state index in [1.54, 1.807) is 22.5 Å². The van der Waals surface area contributed by atoms with Gasteiger partial charge in [0.1, 0.15) is 23.8 Å². The quantitative estimate of drug-likeness (QED) is 0.131. The van der Waals surface area contributed by atoms with Gasteiger partial charge < -0.3 is 9.47 Å². The van der Waals surface area contributed by atoms with E-state index in [1.165, 1.54) is 0 Å². The van der Waals surface area contributed by atoms with Crippen molar-refractivity contribution in [3.8, 4) is 11.5 Å². The van der Waals surface area contributed by atoms with Gasteiger partial charge in [0, 0.05) is 19.3 Å². The van der Waals surface area contributed by atoms with Gasteiger partial charge in [0.05, 0.1) is 18.5 Å². The third-order valence-corrected chi connectivity index (χ3v) is 6.64. The van der Waals surface area contributed by atoms with Gasteiger partial charge in [0.2, 0.25) is 5.41 Å². The fourth-order valence-electron chi connectivity index (χ4n) is 4.65. The molecule has 0 aliphatic heterocycles. The van der Waals surface area contributed by atoms with Crippen molar-refractivity contribution < 1.29 is 35.8 Å². The zero-order valence-electron chi connectivity index (χ0n) is 23.0. The van der Waals surface area contributed by atoms with E-state index in [9.17, 15) is 26.3 Å². The summed E-state index contributed by atoms with van der Waals surface area (Å²) in [6.07, 6.45) is -5.10. The number of hydrogen-bond acceptors (Lipinski definition) is 6. The lowest BCUT2D eigenvalue weighted by molar-refractivity contribution is -0.288. The van der Waals surface area contributed by atoms with Crippen LogP contribution in [0.1, 0.15) is 48.7 Å². The SMILES string of the molecule is CCOc1ccc(C(c2ccc(OCc3cn(CCCCCn4cc(C)nn4)nn3)cc2)(C(F)(F)F)C(F)(F)F)cc1. The Labute approximate surface area is 238 Å². The van der Waals surface area contributed by atoms with Crippen LogP contribution in [0.5, 0.6) is 11.5 Å². The van der Waals surface area contributed by atoms with Crippen LogP contribution in [0.25, 0.3) is 0 Å². The average Bonchev–Trinajstić information content (AvgIpc) is 3.56. The zero-order valence-corrected chi connectivity index (χ0v) is 23.0. The van der Waals surface area contributed by atoms with E-state index < -0.39 is 28.9 Å². The Kier molecular flexibility index (Phi) is 9.42. The molecule has 2 heterocycles. The Morgan fingerprint density at radius 1 is 0.667 bits per heavy atom. The summed E-state index contributed by atoms with van der Waals surface area (Å²) in [6.45, 7) is 5.08. The number of aromatic nitrogens is 6. The molecule has 0 N–H and O–H groups in total. The van der Waals surface area contributed by atoms with Crippen molar-refractivity contribution in [2.75, 3.05) is 6.61 Å². The summed E-state index contributed by atoms with van der Waals surface area (Å²) in [5, 5.41) is 16.0. The molecule has 4 aromatic rings. The maximum absolute atomic E-state index is 14.4. The molecule has 0 spiro atoms. The predicted molar refractivity (Wildman–Crippen MR) is 140 cm³/mol. The Bertz CT molecular complexity index is 1400. The van der Waals surface area contributed by atoms with Gasteiger partial charge >= 0.3 is 12.4 Å². The highest BCUT2D eigenvalue weighted by Gasteiger charge is 2.72. The number of halogens is 6. The highest BCUT2D eigenvalue weighted by atomic mass is 19.4. The zero-order chi connectivity index (χ0) is 30.4. The molecular weight excluding hydrogens is 566 g/mol. The van der Waals surface area contributed by atoms with E-state index in [0.29, 0.717) is 12.2 Å². The summed E-state index contributed by atoms with van der Waals surface area (Å²) < 4.78 is 100. The third kappa shape index (κ3) is 6.85. The maximum atomic E-state index is 14.4. The van der Waals surface area contributed by atoms with E-state index in [-0.39, 0.29) is 24.7 Å². The highest BCUT2D eigenvalue weighted by molar-refractivity contribution is 5.47. The smallest absolute Gasteiger partial charge is 0.411 e. The molecule has 0 aliphatic rings. The molecule has 0 saturated carbocycles. The highest BCUT2D eigenvalue weighted by Crippen LogP contribution is 2.56. The number of hydrogen-bond donors (Lipinski definition) is 0. The molecule has 226 valence electrons. The minimum atomic E-state index is -5.69. The lowest BCUT2D eigenvalue weighted by Gasteiger charge is -2.38. The first-order valence-electron chi connectivity index (χ1n) is 13.3. The number of benzene rings is 2. The molecule has 2 aromatic carbocycles. The molecule has 0 saturated heterocycles. The van der Waals surface area contributed by atoms with Crippen LogP contribution in [0.2, 0.25) is 0 Å². The fourth-order valence-corrected chi connectivity index (χ4v) is 4.65. The lowest BCUT2D eigenvalue weighted by atomic mass is 9.73. The van der Waals surface area contributed by atoms with E-state index in [2.05, 4.69) is 20.6 Å². The second-order valence-electron chi connectivity index (χ2n) is 9.67. The molecule has 14 heteroatoms. The van der Waals surface area contributed by atoms with Gasteiger partial charge in [0.15, 0.2) is 0 Å². The molecule has 2 aromatic heterocycles. The van der Waals surface area contributed by atoms with Gasteiger partial charge in [-0.3, -0.25) is 9.36 Å². The summed E-state index contributed by atoms with van der Waals surface area (Å²) in [5.41, 5.74) is -4.87. The van der Waals surface area contributed by atoms with Gasteiger partial charge in [-0.1, -0.05) is 34.7 Å². The fraction of sp³-hybridized carbons (Fsp3) is 0.429. The third-order valence-electron chi connectivity index (χ3n) is 6.64. The predicted octanol–water partition coefficient (Wildman–Crippen LogP) is 6.44. The second-order valence-corrected chi connectivity index (χ2v) is 9.67. The topological polar surface area (TPSA) is 79.9 Å². The lowest BCUT2D eigenvalue weighted by Crippen LogP contribution is -2.54. The molecule has 0 fully saturated rings. The molecule has 0 aliphatic carbocycles. The first kappa shape index (κ1) is 30.8. The molecular formula is C28H30F6N6O2. The van der Waals surface area contributed by atoms with Crippen molar-refractivity contribution in [1.29, 1.82) is 0 Å². The van der Waals surface area contributed by atoms with E-state index in [1.807, 2.05) is 13.1 Å². The van der Waals surface area contributed by atoms with Crippen LogP contribution in [-0.4, -0.2) is 48.9 Å². The monoisotopic (exact) mass is 596 g/mol. The number of rotatable bonds is 13. The van der Waals surface area contributed by atoms with E-state index in [0.717, 1.165) is 80.0 Å². The molecule has 0 amide bonds. The molecule has 0 bridgehead atoms. The Morgan fingerprint density at radius 3 is 1.64 bits per heavy atom. The van der Waals surface area contributed by atoms with Gasteiger partial charge in [-0.05, 0) is 68.5 Å². The van der Waals surface area contributed by atoms with Crippen molar-refractivity contribution in [1.82, 2.24) is 30.0 Å². The minimum absolute atomic E-state index is 0.0619. The van der Waals surface area contributed by atoms with Crippen molar-refractivity contribution in [2.45, 2.75) is 70.6 Å². The van der Waals surface area contributed by atoms with Crippen LogP contribution < -0.4 is 9.47 Å². The summed E-state index contributed by atoms with van der Waals surface area (Å²) in [6, 6.07) is 7.49. The van der Waals surface area contributed by atoms with Crippen LogP contribution in [0, 0.1) is 6.92 Å². The van der Waals surface area contributed by atoms with Crippen LogP contribution in [0.3, 0.4) is 0 Å². The van der Waals surface area contributed by atoms with E-state index >= 15 is 0 Å². The summed E-state index contributed by atoms with van der Waals surface area (Å²) in [4.78, 5) is 0. The first-order valence-corrected chi connectivity index (χ1v) is 13.3. The Hall–Kier alpha value is -4.10. The summed E-state index contributed by atoms with van der Waals surface area (Å²) in [5.74, 6) is 0.250. The van der Waals surface area contributed by atoms with Gasteiger partial charge in [-0.15, -0.1) is 10.2 Å². The van der Waals surface area contributed by atoms with Crippen LogP contribution in [0.4, 0.5) is 26.3 Å². The minimum Gasteiger partial charge on any atom is -0.494 e. The number of aryl methyl sites for hydroxylation is 3. The molecule has 0 atom stereocenters. The van der Waals surface area contributed by atoms with Crippen molar-refractivity contribution in [3.05, 3.63) is 83.4 Å². The van der Waals surface area contributed by atoms with Gasteiger partial charge in [-0.2, -0.15) is 26.3 Å².